The zero-order valence-corrected chi connectivity index (χ0v) is 34.6. The van der Waals surface area contributed by atoms with Gasteiger partial charge in [0.15, 0.2) is 11.6 Å². The Morgan fingerprint density at radius 1 is 0.918 bits per heavy atom. The number of rotatable bonds is 13. The van der Waals surface area contributed by atoms with Crippen LogP contribution in [0.15, 0.2) is 60.7 Å². The van der Waals surface area contributed by atoms with Gasteiger partial charge in [0, 0.05) is 54.8 Å². The van der Waals surface area contributed by atoms with Gasteiger partial charge in [-0.05, 0) is 118 Å². The first-order valence-electron chi connectivity index (χ1n) is 20.3. The number of halogens is 1. The van der Waals surface area contributed by atoms with Gasteiger partial charge in [-0.15, -0.1) is 10.2 Å². The minimum Gasteiger partial charge on any atom is -0.493 e. The van der Waals surface area contributed by atoms with Crippen LogP contribution < -0.4 is 26.0 Å². The summed E-state index contributed by atoms with van der Waals surface area (Å²) in [7, 11) is 1.32. The molecule has 2 fully saturated rings. The van der Waals surface area contributed by atoms with Crippen molar-refractivity contribution in [1.82, 2.24) is 41.5 Å². The number of carbonyl (C=O) groups is 5. The predicted octanol–water partition coefficient (Wildman–Crippen LogP) is 5.55. The molecule has 324 valence electrons. The summed E-state index contributed by atoms with van der Waals surface area (Å²) in [5, 5.41) is 34.7. The van der Waals surface area contributed by atoms with E-state index in [9.17, 15) is 29.1 Å². The third-order valence-electron chi connectivity index (χ3n) is 10.9. The number of benzene rings is 3. The number of anilines is 1. The van der Waals surface area contributed by atoms with Gasteiger partial charge in [-0.1, -0.05) is 24.3 Å². The number of alkyl carbamates (subject to hydrolysis) is 1. The number of nitrogens with zero attached hydrogens (tertiary/aromatic N) is 4. The summed E-state index contributed by atoms with van der Waals surface area (Å²) in [5.74, 6) is -1.96. The molecule has 17 nitrogen and oxygen atoms in total. The Kier molecular flexibility index (Phi) is 14.2. The van der Waals surface area contributed by atoms with Gasteiger partial charge < -0.3 is 40.7 Å². The summed E-state index contributed by atoms with van der Waals surface area (Å²) in [6, 6.07) is 15.7. The van der Waals surface area contributed by atoms with Crippen LogP contribution in [0.25, 0.3) is 22.5 Å². The molecule has 18 heteroatoms. The lowest BCUT2D eigenvalue weighted by Crippen LogP contribution is -2.48. The fourth-order valence-corrected chi connectivity index (χ4v) is 7.58. The molecule has 0 bridgehead atoms. The molecule has 1 aliphatic heterocycles. The van der Waals surface area contributed by atoms with Gasteiger partial charge in [0.25, 0.3) is 5.91 Å². The third-order valence-corrected chi connectivity index (χ3v) is 10.9. The van der Waals surface area contributed by atoms with E-state index in [0.717, 1.165) is 18.4 Å². The maximum Gasteiger partial charge on any atom is 0.407 e. The Morgan fingerprint density at radius 3 is 2.20 bits per heavy atom. The smallest absolute Gasteiger partial charge is 0.407 e. The molecule has 3 aromatic carbocycles. The average Bonchev–Trinajstić information content (AvgIpc) is 3.78. The number of aromatic nitrogens is 4. The summed E-state index contributed by atoms with van der Waals surface area (Å²) in [5.41, 5.74) is 2.12. The van der Waals surface area contributed by atoms with E-state index in [-0.39, 0.29) is 54.6 Å². The van der Waals surface area contributed by atoms with Gasteiger partial charge in [0.1, 0.15) is 11.6 Å². The van der Waals surface area contributed by atoms with Crippen LogP contribution in [0.3, 0.4) is 0 Å². The molecule has 4 aromatic rings. The van der Waals surface area contributed by atoms with Crippen LogP contribution in [0.5, 0.6) is 5.75 Å². The SMILES string of the molecule is COc1c(-c2ccc(C[C@H](NC(=O)C3CCC(CNC(=O)OC(C)(C)C)CC3)C(=O)Nc3ccc(-c4nn[nH]n4)cc3)cc2)ccc(C(=O)NC2CCN(C(=O)O)CC2)c1F. The lowest BCUT2D eigenvalue weighted by molar-refractivity contribution is -0.130. The lowest BCUT2D eigenvalue weighted by Gasteiger charge is -2.30. The van der Waals surface area contributed by atoms with E-state index in [0.29, 0.717) is 60.4 Å². The molecule has 1 atom stereocenters. The highest BCUT2D eigenvalue weighted by atomic mass is 19.1. The van der Waals surface area contributed by atoms with Crippen molar-refractivity contribution in [2.24, 2.45) is 11.8 Å². The Hall–Kier alpha value is -6.59. The number of carboxylic acid groups (broad SMARTS) is 1. The van der Waals surface area contributed by atoms with Crippen LogP contribution in [-0.2, 0) is 20.7 Å². The Balaban J connectivity index is 1.12. The number of piperidine rings is 1. The largest absolute Gasteiger partial charge is 0.493 e. The van der Waals surface area contributed by atoms with Crippen molar-refractivity contribution in [3.8, 4) is 28.3 Å². The highest BCUT2D eigenvalue weighted by Crippen LogP contribution is 2.35. The van der Waals surface area contributed by atoms with Gasteiger partial charge in [-0.2, -0.15) is 5.21 Å². The molecule has 5 amide bonds. The maximum absolute atomic E-state index is 15.8. The quantitative estimate of drug-likeness (QED) is 0.0978. The zero-order valence-electron chi connectivity index (χ0n) is 34.6. The van der Waals surface area contributed by atoms with Crippen LogP contribution in [0.1, 0.15) is 75.2 Å². The van der Waals surface area contributed by atoms with Crippen molar-refractivity contribution >= 4 is 35.6 Å². The topological polar surface area (TPSA) is 230 Å². The molecule has 0 unspecified atom stereocenters. The van der Waals surface area contributed by atoms with Crippen LogP contribution in [0.4, 0.5) is 19.7 Å². The van der Waals surface area contributed by atoms with E-state index >= 15 is 4.39 Å². The molecule has 1 saturated carbocycles. The van der Waals surface area contributed by atoms with Crippen molar-refractivity contribution in [3.63, 3.8) is 0 Å². The maximum atomic E-state index is 15.8. The number of aromatic amines is 1. The first kappa shape index (κ1) is 44.0. The number of nitrogens with one attached hydrogen (secondary N) is 5. The van der Waals surface area contributed by atoms with Crippen molar-refractivity contribution in [2.45, 2.75) is 83.4 Å². The van der Waals surface area contributed by atoms with Crippen LogP contribution in [0.2, 0.25) is 0 Å². The number of H-pyrrole nitrogens is 1. The molecule has 2 aliphatic rings. The molecular formula is C43H52FN9O8. The molecule has 6 rings (SSSR count). The van der Waals surface area contributed by atoms with Crippen molar-refractivity contribution in [2.75, 3.05) is 32.1 Å². The summed E-state index contributed by atoms with van der Waals surface area (Å²) in [6.45, 7) is 6.40. The number of carbonyl (C=O) groups excluding carboxylic acids is 4. The minimum absolute atomic E-state index is 0.119. The number of amides is 5. The first-order chi connectivity index (χ1) is 29.2. The second kappa shape index (κ2) is 19.6. The molecule has 1 aromatic heterocycles. The highest BCUT2D eigenvalue weighted by molar-refractivity contribution is 5.98. The fraction of sp³-hybridized carbons (Fsp3) is 0.442. The van der Waals surface area contributed by atoms with Crippen LogP contribution in [-0.4, -0.2) is 105 Å². The van der Waals surface area contributed by atoms with Gasteiger partial charge in [0.2, 0.25) is 17.6 Å². The predicted molar refractivity (Wildman–Crippen MR) is 222 cm³/mol. The monoisotopic (exact) mass is 841 g/mol. The number of hydrogen-bond acceptors (Lipinski definition) is 10. The highest BCUT2D eigenvalue weighted by Gasteiger charge is 2.31. The first-order valence-corrected chi connectivity index (χ1v) is 20.3. The van der Waals surface area contributed by atoms with E-state index in [1.54, 1.807) is 75.4 Å². The van der Waals surface area contributed by atoms with Gasteiger partial charge >= 0.3 is 12.2 Å². The van der Waals surface area contributed by atoms with Crippen molar-refractivity contribution < 1.29 is 42.9 Å². The van der Waals surface area contributed by atoms with Crippen molar-refractivity contribution in [1.29, 1.82) is 0 Å². The average molecular weight is 842 g/mol. The summed E-state index contributed by atoms with van der Waals surface area (Å²) < 4.78 is 26.6. The van der Waals surface area contributed by atoms with Gasteiger partial charge in [-0.25, -0.2) is 14.0 Å². The molecular weight excluding hydrogens is 790 g/mol. The normalized spacial score (nSPS) is 17.4. The standard InChI is InChI=1S/C43H52FN9O8/c1-43(2,3)61-41(57)45-24-26-7-11-29(12-8-26)38(54)48-34(40(56)47-30-15-13-28(14-16-30)37-49-51-52-50-37)23-25-5-9-27(10-6-25)32-17-18-33(35(44)36(32)60-4)39(55)46-31-19-21-53(22-20-31)42(58)59/h5-6,9-10,13-18,26,29,31,34H,7-8,11-12,19-24H2,1-4H3,(H,45,57)(H,46,55)(H,47,56)(H,48,54)(H,58,59)(H,49,50,51,52)/t26?,29?,34-/m0/s1. The molecule has 61 heavy (non-hydrogen) atoms. The zero-order chi connectivity index (χ0) is 43.7. The number of methoxy groups -OCH3 is 1. The van der Waals surface area contributed by atoms with Gasteiger partial charge in [-0.3, -0.25) is 14.4 Å². The number of likely N-dealkylation sites (tertiary alicyclic amines) is 1. The van der Waals surface area contributed by atoms with Gasteiger partial charge in [0.05, 0.1) is 12.7 Å². The second-order valence-corrected chi connectivity index (χ2v) is 16.4. The molecule has 1 aliphatic carbocycles. The number of hydrogen-bond donors (Lipinski definition) is 6. The number of tetrazole rings is 1. The lowest BCUT2D eigenvalue weighted by atomic mass is 9.81. The Morgan fingerprint density at radius 2 is 1.59 bits per heavy atom. The van der Waals surface area contributed by atoms with E-state index in [4.69, 9.17) is 9.47 Å². The molecule has 0 radical (unpaired) electrons. The van der Waals surface area contributed by atoms with E-state index < -0.39 is 41.5 Å². The third kappa shape index (κ3) is 11.8. The Bertz CT molecular complexity index is 2160. The minimum atomic E-state index is -1.01. The molecule has 2 heterocycles. The number of ether oxygens (including phenoxy) is 2. The summed E-state index contributed by atoms with van der Waals surface area (Å²) in [4.78, 5) is 65.4. The second-order valence-electron chi connectivity index (χ2n) is 16.4. The summed E-state index contributed by atoms with van der Waals surface area (Å²) in [6.07, 6.45) is 2.13. The summed E-state index contributed by atoms with van der Waals surface area (Å²) >= 11 is 0. The fourth-order valence-electron chi connectivity index (χ4n) is 7.58. The van der Waals surface area contributed by atoms with Crippen LogP contribution in [0, 0.1) is 17.7 Å². The van der Waals surface area contributed by atoms with Crippen molar-refractivity contribution in [3.05, 3.63) is 77.6 Å². The van der Waals surface area contributed by atoms with E-state index in [1.165, 1.54) is 18.1 Å². The molecule has 1 saturated heterocycles. The Labute approximate surface area is 352 Å². The van der Waals surface area contributed by atoms with E-state index in [2.05, 4.69) is 41.9 Å². The van der Waals surface area contributed by atoms with Crippen LogP contribution >= 0.6 is 0 Å². The molecule has 0 spiro atoms. The molecule has 6 N–H and O–H groups in total. The van der Waals surface area contributed by atoms with E-state index in [1.807, 2.05) is 0 Å².